The van der Waals surface area contributed by atoms with E-state index in [1.165, 1.54) is 0 Å². The molecule has 2 rings (SSSR count). The number of carbonyl (C=O) groups excluding carboxylic acids is 1. The molecule has 1 aliphatic heterocycles. The highest BCUT2D eigenvalue weighted by Crippen LogP contribution is 2.39. The summed E-state index contributed by atoms with van der Waals surface area (Å²) in [6.45, 7) is 16.4. The third-order valence-corrected chi connectivity index (χ3v) is 5.67. The van der Waals surface area contributed by atoms with Crippen molar-refractivity contribution in [3.8, 4) is 6.07 Å². The molecule has 1 N–H and O–H groups in total. The van der Waals surface area contributed by atoms with Crippen molar-refractivity contribution >= 4 is 27.6 Å². The van der Waals surface area contributed by atoms with Gasteiger partial charge in [-0.3, -0.25) is 9.78 Å². The van der Waals surface area contributed by atoms with Gasteiger partial charge in [-0.25, -0.2) is 0 Å². The number of piperidine rings is 1. The Hall–Kier alpha value is -1.65. The molecule has 7 heteroatoms. The first-order valence-electron chi connectivity index (χ1n) is 10.4. The Labute approximate surface area is 189 Å². The van der Waals surface area contributed by atoms with Crippen LogP contribution in [-0.4, -0.2) is 40.9 Å². The summed E-state index contributed by atoms with van der Waals surface area (Å²) in [6, 6.07) is 2.43. The maximum Gasteiger partial charge on any atom is 0.310 e. The first-order chi connectivity index (χ1) is 13.7. The van der Waals surface area contributed by atoms with E-state index in [0.29, 0.717) is 0 Å². The Balaban J connectivity index is 0.000000804. The fourth-order valence-corrected chi connectivity index (χ4v) is 3.75. The van der Waals surface area contributed by atoms with Crippen LogP contribution in [0, 0.1) is 30.6 Å². The topological polar surface area (TPSA) is 86.5 Å². The van der Waals surface area contributed by atoms with Gasteiger partial charge in [-0.15, -0.1) is 0 Å². The van der Waals surface area contributed by atoms with Crippen LogP contribution >= 0.6 is 15.9 Å². The van der Waals surface area contributed by atoms with Gasteiger partial charge in [0.25, 0.3) is 0 Å². The van der Waals surface area contributed by atoms with Crippen LogP contribution in [-0.2, 0) is 16.0 Å². The highest BCUT2D eigenvalue weighted by atomic mass is 79.9. The van der Waals surface area contributed by atoms with E-state index in [-0.39, 0.29) is 23.9 Å². The molecule has 0 unspecified atom stereocenters. The van der Waals surface area contributed by atoms with E-state index in [9.17, 15) is 10.1 Å². The second kappa shape index (κ2) is 10.6. The second-order valence-electron chi connectivity index (χ2n) is 9.47. The number of halogens is 1. The smallest absolute Gasteiger partial charge is 0.310 e. The average Bonchev–Trinajstić information content (AvgIpc) is 2.59. The fourth-order valence-electron chi connectivity index (χ4n) is 3.17. The number of rotatable bonds is 4. The number of esters is 1. The molecule has 0 saturated carbocycles. The largest absolute Gasteiger partial charge is 0.463 e. The molecule has 1 fully saturated rings. The monoisotopic (exact) mass is 481 g/mol. The number of aryl methyl sites for hydroxylation is 2. The van der Waals surface area contributed by atoms with Crippen LogP contribution in [0.15, 0.2) is 4.47 Å². The number of aliphatic hydroxyl groups is 1. The maximum atomic E-state index is 12.2. The molecule has 0 aliphatic carbocycles. The number of nitrogens with zero attached hydrogens (tertiary/aromatic N) is 3. The predicted molar refractivity (Wildman–Crippen MR) is 123 cm³/mol. The van der Waals surface area contributed by atoms with Crippen LogP contribution in [0.1, 0.15) is 71.3 Å². The number of anilines is 1. The van der Waals surface area contributed by atoms with Gasteiger partial charge >= 0.3 is 5.97 Å². The Bertz CT molecular complexity index is 780. The zero-order valence-electron chi connectivity index (χ0n) is 19.6. The van der Waals surface area contributed by atoms with Gasteiger partial charge in [0.1, 0.15) is 0 Å². The quantitative estimate of drug-likeness (QED) is 0.617. The zero-order chi connectivity index (χ0) is 23.3. The summed E-state index contributed by atoms with van der Waals surface area (Å²) in [5.41, 5.74) is 2.91. The summed E-state index contributed by atoms with van der Waals surface area (Å²) in [6.07, 6.45) is 1.69. The fraction of sp³-hybridized carbons (Fsp3) is 0.696. The standard InChI is InChI=1S/C19H26BrN3O2.C4H10O/c1-12(2)25-16(24)10-15-13(3)22-14(4)17(20)18(15)23-8-6-19(5,11-21)7-9-23;1-4(2,3)5/h12H,6-10H2,1-5H3;5H,1-3H3. The summed E-state index contributed by atoms with van der Waals surface area (Å²) >= 11 is 3.67. The van der Waals surface area contributed by atoms with Crippen molar-refractivity contribution in [2.75, 3.05) is 18.0 Å². The third kappa shape index (κ3) is 8.23. The molecule has 0 amide bonds. The first kappa shape index (κ1) is 26.4. The van der Waals surface area contributed by atoms with Crippen molar-refractivity contribution in [1.82, 2.24) is 4.98 Å². The molecule has 1 aliphatic rings. The van der Waals surface area contributed by atoms with Gasteiger partial charge in [0.05, 0.1) is 45.5 Å². The number of pyridine rings is 1. The number of carbonyl (C=O) groups is 1. The van der Waals surface area contributed by atoms with E-state index in [1.54, 1.807) is 20.8 Å². The van der Waals surface area contributed by atoms with Gasteiger partial charge in [-0.05, 0) is 84.2 Å². The van der Waals surface area contributed by atoms with Gasteiger partial charge in [-0.1, -0.05) is 0 Å². The molecular formula is C23H36BrN3O3. The summed E-state index contributed by atoms with van der Waals surface area (Å²) in [5, 5.41) is 17.9. The van der Waals surface area contributed by atoms with Crippen molar-refractivity contribution in [2.45, 2.75) is 86.4 Å². The molecule has 168 valence electrons. The Morgan fingerprint density at radius 2 is 1.80 bits per heavy atom. The molecule has 0 spiro atoms. The lowest BCUT2D eigenvalue weighted by atomic mass is 9.81. The van der Waals surface area contributed by atoms with Crippen LogP contribution in [0.2, 0.25) is 0 Å². The Morgan fingerprint density at radius 1 is 1.30 bits per heavy atom. The second-order valence-corrected chi connectivity index (χ2v) is 10.3. The van der Waals surface area contributed by atoms with Crippen LogP contribution in [0.4, 0.5) is 5.69 Å². The van der Waals surface area contributed by atoms with E-state index < -0.39 is 5.60 Å². The Morgan fingerprint density at radius 3 is 2.23 bits per heavy atom. The molecule has 0 radical (unpaired) electrons. The number of nitriles is 1. The van der Waals surface area contributed by atoms with E-state index in [1.807, 2.05) is 34.6 Å². The third-order valence-electron chi connectivity index (χ3n) is 4.72. The average molecular weight is 482 g/mol. The van der Waals surface area contributed by atoms with Crippen LogP contribution in [0.3, 0.4) is 0 Å². The number of aromatic nitrogens is 1. The summed E-state index contributed by atoms with van der Waals surface area (Å²) in [5.74, 6) is -0.240. The minimum absolute atomic E-state index is 0.135. The normalized spacial score (nSPS) is 15.9. The predicted octanol–water partition coefficient (Wildman–Crippen LogP) is 4.86. The number of hydrogen-bond donors (Lipinski definition) is 1. The van der Waals surface area contributed by atoms with Crippen molar-refractivity contribution < 1.29 is 14.6 Å². The van der Waals surface area contributed by atoms with Crippen molar-refractivity contribution in [1.29, 1.82) is 5.26 Å². The SMILES string of the molecule is CC(C)(C)O.Cc1nc(C)c(CC(=O)OC(C)C)c(N2CCC(C)(C#N)CC2)c1Br. The van der Waals surface area contributed by atoms with E-state index in [2.05, 4.69) is 31.9 Å². The minimum atomic E-state index is -0.500. The van der Waals surface area contributed by atoms with Gasteiger partial charge in [0.2, 0.25) is 0 Å². The summed E-state index contributed by atoms with van der Waals surface area (Å²) in [7, 11) is 0. The highest BCUT2D eigenvalue weighted by molar-refractivity contribution is 9.10. The summed E-state index contributed by atoms with van der Waals surface area (Å²) < 4.78 is 6.25. The molecular weight excluding hydrogens is 446 g/mol. The lowest BCUT2D eigenvalue weighted by molar-refractivity contribution is -0.146. The van der Waals surface area contributed by atoms with Crippen molar-refractivity contribution in [2.24, 2.45) is 5.41 Å². The molecule has 1 aromatic heterocycles. The van der Waals surface area contributed by atoms with E-state index in [0.717, 1.165) is 53.0 Å². The minimum Gasteiger partial charge on any atom is -0.463 e. The Kier molecular flexibility index (Phi) is 9.31. The first-order valence-corrected chi connectivity index (χ1v) is 11.2. The zero-order valence-corrected chi connectivity index (χ0v) is 21.2. The van der Waals surface area contributed by atoms with Crippen LogP contribution < -0.4 is 4.90 Å². The maximum absolute atomic E-state index is 12.2. The summed E-state index contributed by atoms with van der Waals surface area (Å²) in [4.78, 5) is 19.1. The van der Waals surface area contributed by atoms with E-state index in [4.69, 9.17) is 9.84 Å². The van der Waals surface area contributed by atoms with Gasteiger partial charge < -0.3 is 14.7 Å². The molecule has 0 atom stereocenters. The molecule has 1 aromatic rings. The van der Waals surface area contributed by atoms with Crippen LogP contribution in [0.5, 0.6) is 0 Å². The number of hydrogen-bond acceptors (Lipinski definition) is 6. The van der Waals surface area contributed by atoms with Gasteiger partial charge in [-0.2, -0.15) is 5.26 Å². The van der Waals surface area contributed by atoms with Gasteiger partial charge in [0.15, 0.2) is 0 Å². The van der Waals surface area contributed by atoms with Crippen molar-refractivity contribution in [3.63, 3.8) is 0 Å². The highest BCUT2D eigenvalue weighted by Gasteiger charge is 2.32. The lowest BCUT2D eigenvalue weighted by Crippen LogP contribution is -2.39. The molecule has 1 saturated heterocycles. The molecule has 0 bridgehead atoms. The number of ether oxygens (including phenoxy) is 1. The van der Waals surface area contributed by atoms with Crippen molar-refractivity contribution in [3.05, 3.63) is 21.4 Å². The molecule has 6 nitrogen and oxygen atoms in total. The lowest BCUT2D eigenvalue weighted by Gasteiger charge is -2.38. The molecule has 0 aromatic carbocycles. The molecule has 30 heavy (non-hydrogen) atoms. The van der Waals surface area contributed by atoms with Gasteiger partial charge in [0, 0.05) is 24.3 Å². The van der Waals surface area contributed by atoms with E-state index >= 15 is 0 Å². The molecule has 2 heterocycles. The van der Waals surface area contributed by atoms with Crippen LogP contribution in [0.25, 0.3) is 0 Å².